The Balaban J connectivity index is 2.34. The van der Waals surface area contributed by atoms with Crippen LogP contribution in [0, 0.1) is 0 Å². The quantitative estimate of drug-likeness (QED) is 0.731. The summed E-state index contributed by atoms with van der Waals surface area (Å²) in [6.07, 6.45) is 1.13. The number of ketones is 1. The predicted octanol–water partition coefficient (Wildman–Crippen LogP) is 1.68. The second kappa shape index (κ2) is 5.90. The highest BCUT2D eigenvalue weighted by Gasteiger charge is 2.11. The molecule has 1 aromatic heterocycles. The molecule has 1 aromatic rings. The normalized spacial score (nSPS) is 12.7. The highest BCUT2D eigenvalue weighted by molar-refractivity contribution is 7.08. The van der Waals surface area contributed by atoms with Crippen molar-refractivity contribution in [1.82, 2.24) is 0 Å². The zero-order chi connectivity index (χ0) is 10.4. The van der Waals surface area contributed by atoms with E-state index in [1.807, 2.05) is 16.8 Å². The number of rotatable bonds is 6. The molecule has 78 valence electrons. The first-order chi connectivity index (χ1) is 6.74. The van der Waals surface area contributed by atoms with Gasteiger partial charge >= 0.3 is 0 Å². The van der Waals surface area contributed by atoms with Crippen molar-refractivity contribution >= 4 is 17.1 Å². The average molecular weight is 213 g/mol. The molecule has 0 aliphatic heterocycles. The van der Waals surface area contributed by atoms with E-state index < -0.39 is 0 Å². The number of methoxy groups -OCH3 is 1. The van der Waals surface area contributed by atoms with E-state index in [0.717, 1.165) is 12.0 Å². The standard InChI is InChI=1S/C10H15NO2S/c1-13-4-2-9(11)6-10(12)8-3-5-14-7-8/h3,5,7,9H,2,4,6,11H2,1H3. The molecule has 0 fully saturated rings. The molecule has 0 saturated heterocycles. The Labute approximate surface area is 87.9 Å². The van der Waals surface area contributed by atoms with Gasteiger partial charge in [-0.3, -0.25) is 4.79 Å². The van der Waals surface area contributed by atoms with Crippen LogP contribution in [0.15, 0.2) is 16.8 Å². The van der Waals surface area contributed by atoms with E-state index in [4.69, 9.17) is 10.5 Å². The largest absolute Gasteiger partial charge is 0.385 e. The minimum atomic E-state index is -0.0950. The smallest absolute Gasteiger partial charge is 0.165 e. The number of thiophene rings is 1. The number of carbonyl (C=O) groups is 1. The highest BCUT2D eigenvalue weighted by Crippen LogP contribution is 2.10. The Kier molecular flexibility index (Phi) is 4.79. The Morgan fingerprint density at radius 3 is 3.07 bits per heavy atom. The molecule has 1 rings (SSSR count). The summed E-state index contributed by atoms with van der Waals surface area (Å²) in [6, 6.07) is 1.73. The number of hydrogen-bond acceptors (Lipinski definition) is 4. The van der Waals surface area contributed by atoms with E-state index in [9.17, 15) is 4.79 Å². The SMILES string of the molecule is COCCC(N)CC(=O)c1ccsc1. The first kappa shape index (κ1) is 11.4. The fraction of sp³-hybridized carbons (Fsp3) is 0.500. The molecule has 0 aromatic carbocycles. The van der Waals surface area contributed by atoms with Crippen molar-refractivity contribution in [3.05, 3.63) is 22.4 Å². The lowest BCUT2D eigenvalue weighted by Gasteiger charge is -2.08. The van der Waals surface area contributed by atoms with Crippen LogP contribution in [0.4, 0.5) is 0 Å². The molecule has 2 N–H and O–H groups in total. The molecule has 0 aliphatic carbocycles. The third-order valence-electron chi connectivity index (χ3n) is 1.98. The average Bonchev–Trinajstić information content (AvgIpc) is 2.67. The number of Topliss-reactive ketones (excluding diaryl/α,β-unsaturated/α-hetero) is 1. The van der Waals surface area contributed by atoms with E-state index in [1.165, 1.54) is 11.3 Å². The number of nitrogens with two attached hydrogens (primary N) is 1. The van der Waals surface area contributed by atoms with Gasteiger partial charge in [-0.15, -0.1) is 0 Å². The molecule has 1 heterocycles. The van der Waals surface area contributed by atoms with Crippen molar-refractivity contribution in [1.29, 1.82) is 0 Å². The number of hydrogen-bond donors (Lipinski definition) is 1. The van der Waals surface area contributed by atoms with Crippen LogP contribution in [0.25, 0.3) is 0 Å². The Morgan fingerprint density at radius 1 is 1.71 bits per heavy atom. The van der Waals surface area contributed by atoms with Gasteiger partial charge in [-0.1, -0.05) is 0 Å². The van der Waals surface area contributed by atoms with Gasteiger partial charge in [-0.25, -0.2) is 0 Å². The summed E-state index contributed by atoms with van der Waals surface area (Å²) in [5.74, 6) is 0.120. The lowest BCUT2D eigenvalue weighted by atomic mass is 10.1. The highest BCUT2D eigenvalue weighted by atomic mass is 32.1. The summed E-state index contributed by atoms with van der Waals surface area (Å²) < 4.78 is 4.90. The molecule has 0 aliphatic rings. The zero-order valence-electron chi connectivity index (χ0n) is 8.23. The van der Waals surface area contributed by atoms with E-state index in [0.29, 0.717) is 13.0 Å². The number of ether oxygens (including phenoxy) is 1. The van der Waals surface area contributed by atoms with Gasteiger partial charge in [-0.2, -0.15) is 11.3 Å². The van der Waals surface area contributed by atoms with Gasteiger partial charge in [0.2, 0.25) is 0 Å². The molecule has 0 amide bonds. The topological polar surface area (TPSA) is 52.3 Å². The second-order valence-corrected chi connectivity index (χ2v) is 3.96. The summed E-state index contributed by atoms with van der Waals surface area (Å²) in [5, 5.41) is 3.75. The Hall–Kier alpha value is -0.710. The third kappa shape index (κ3) is 3.57. The minimum absolute atomic E-state index is 0.0950. The molecule has 0 bridgehead atoms. The molecule has 3 nitrogen and oxygen atoms in total. The van der Waals surface area contributed by atoms with Crippen LogP contribution in [-0.2, 0) is 4.74 Å². The molecule has 4 heteroatoms. The predicted molar refractivity (Wildman–Crippen MR) is 57.7 cm³/mol. The molecular formula is C10H15NO2S. The molecular weight excluding hydrogens is 198 g/mol. The first-order valence-electron chi connectivity index (χ1n) is 4.54. The van der Waals surface area contributed by atoms with Crippen molar-refractivity contribution in [2.24, 2.45) is 5.73 Å². The van der Waals surface area contributed by atoms with Crippen molar-refractivity contribution < 1.29 is 9.53 Å². The maximum atomic E-state index is 11.6. The molecule has 0 spiro atoms. The lowest BCUT2D eigenvalue weighted by Crippen LogP contribution is -2.25. The van der Waals surface area contributed by atoms with E-state index in [1.54, 1.807) is 7.11 Å². The number of carbonyl (C=O) groups excluding carboxylic acids is 1. The summed E-state index contributed by atoms with van der Waals surface area (Å²) in [6.45, 7) is 0.609. The monoisotopic (exact) mass is 213 g/mol. The van der Waals surface area contributed by atoms with Crippen LogP contribution in [0.2, 0.25) is 0 Å². The fourth-order valence-corrected chi connectivity index (χ4v) is 1.81. The maximum absolute atomic E-state index is 11.6. The lowest BCUT2D eigenvalue weighted by molar-refractivity contribution is 0.0967. The second-order valence-electron chi connectivity index (χ2n) is 3.18. The molecule has 0 radical (unpaired) electrons. The van der Waals surface area contributed by atoms with E-state index in [2.05, 4.69) is 0 Å². The van der Waals surface area contributed by atoms with Crippen LogP contribution in [0.3, 0.4) is 0 Å². The first-order valence-corrected chi connectivity index (χ1v) is 5.48. The fourth-order valence-electron chi connectivity index (χ4n) is 1.15. The van der Waals surface area contributed by atoms with Gasteiger partial charge in [0, 0.05) is 37.1 Å². The van der Waals surface area contributed by atoms with Crippen LogP contribution < -0.4 is 5.73 Å². The Bertz CT molecular complexity index is 272. The molecule has 14 heavy (non-hydrogen) atoms. The van der Waals surface area contributed by atoms with E-state index in [-0.39, 0.29) is 11.8 Å². The maximum Gasteiger partial charge on any atom is 0.165 e. The van der Waals surface area contributed by atoms with Gasteiger partial charge in [-0.05, 0) is 17.9 Å². The van der Waals surface area contributed by atoms with Crippen LogP contribution in [-0.4, -0.2) is 25.5 Å². The van der Waals surface area contributed by atoms with Crippen LogP contribution >= 0.6 is 11.3 Å². The van der Waals surface area contributed by atoms with Gasteiger partial charge < -0.3 is 10.5 Å². The van der Waals surface area contributed by atoms with E-state index >= 15 is 0 Å². The molecule has 1 atom stereocenters. The summed E-state index contributed by atoms with van der Waals surface area (Å²) in [7, 11) is 1.63. The minimum Gasteiger partial charge on any atom is -0.385 e. The van der Waals surface area contributed by atoms with Gasteiger partial charge in [0.1, 0.15) is 0 Å². The summed E-state index contributed by atoms with van der Waals surface area (Å²) >= 11 is 1.53. The van der Waals surface area contributed by atoms with Gasteiger partial charge in [0.25, 0.3) is 0 Å². The van der Waals surface area contributed by atoms with Gasteiger partial charge in [0.05, 0.1) is 0 Å². The third-order valence-corrected chi connectivity index (χ3v) is 2.67. The molecule has 1 unspecified atom stereocenters. The summed E-state index contributed by atoms with van der Waals surface area (Å²) in [4.78, 5) is 11.6. The zero-order valence-corrected chi connectivity index (χ0v) is 9.05. The van der Waals surface area contributed by atoms with Crippen molar-refractivity contribution in [3.63, 3.8) is 0 Å². The van der Waals surface area contributed by atoms with Crippen molar-refractivity contribution in [2.45, 2.75) is 18.9 Å². The molecule has 0 saturated carbocycles. The van der Waals surface area contributed by atoms with Gasteiger partial charge in [0.15, 0.2) is 5.78 Å². The Morgan fingerprint density at radius 2 is 2.50 bits per heavy atom. The van der Waals surface area contributed by atoms with Crippen LogP contribution in [0.5, 0.6) is 0 Å². The van der Waals surface area contributed by atoms with Crippen molar-refractivity contribution in [2.75, 3.05) is 13.7 Å². The van der Waals surface area contributed by atoms with Crippen LogP contribution in [0.1, 0.15) is 23.2 Å². The van der Waals surface area contributed by atoms with Crippen molar-refractivity contribution in [3.8, 4) is 0 Å². The summed E-state index contributed by atoms with van der Waals surface area (Å²) in [5.41, 5.74) is 6.54.